The van der Waals surface area contributed by atoms with Gasteiger partial charge in [-0.25, -0.2) is 19.9 Å². The Kier molecular flexibility index (Phi) is 15.8. The zero-order chi connectivity index (χ0) is 66.5. The van der Waals surface area contributed by atoms with Crippen LogP contribution < -0.4 is 30.7 Å². The zero-order valence-electron chi connectivity index (χ0n) is 54.7. The Bertz CT molecular complexity index is 4460. The number of anilines is 2. The van der Waals surface area contributed by atoms with Crippen molar-refractivity contribution in [2.75, 3.05) is 10.6 Å². The first-order valence-electron chi connectivity index (χ1n) is 33.2. The Balaban J connectivity index is 0.000000165. The monoisotopic (exact) mass is 1280 g/mol. The highest BCUT2D eigenvalue weighted by molar-refractivity contribution is 5.93. The number of aryl methyl sites for hydroxylation is 1. The number of aliphatic hydroxyl groups is 2. The molecule has 6 N–H and O–H groups in total. The minimum Gasteiger partial charge on any atom is -0.469 e. The number of hydrogen-bond acceptors (Lipinski definition) is 18. The van der Waals surface area contributed by atoms with E-state index < -0.39 is 58.4 Å². The van der Waals surface area contributed by atoms with E-state index in [0.717, 1.165) is 50.3 Å². The number of aromatic nitrogens is 4. The molecule has 0 radical (unpaired) electrons. The van der Waals surface area contributed by atoms with Gasteiger partial charge in [0.15, 0.2) is 52.7 Å². The Hall–Kier alpha value is -9.66. The van der Waals surface area contributed by atoms with Crippen LogP contribution in [0, 0.1) is 30.6 Å². The van der Waals surface area contributed by atoms with Crippen molar-refractivity contribution in [1.82, 2.24) is 30.6 Å². The molecule has 4 aromatic heterocycles. The summed E-state index contributed by atoms with van der Waals surface area (Å²) < 4.78 is 39.5. The average Bonchev–Trinajstić information content (AvgIpc) is 1.53. The van der Waals surface area contributed by atoms with Crippen LogP contribution in [0.1, 0.15) is 168 Å². The van der Waals surface area contributed by atoms with Gasteiger partial charge < -0.3 is 58.6 Å². The molecule has 4 unspecified atom stereocenters. The summed E-state index contributed by atoms with van der Waals surface area (Å²) in [6.45, 7) is 16.9. The molecule has 2 spiro atoms. The maximum atomic E-state index is 14.2. The number of hydrogen-bond donors (Lipinski definition) is 6. The van der Waals surface area contributed by atoms with Crippen LogP contribution >= 0.6 is 0 Å². The van der Waals surface area contributed by atoms with Crippen LogP contribution in [0.5, 0.6) is 11.5 Å². The standard InChI is InChI=1S/C40H40N4O6.C35H38N4O6/c1-5-39(47,6-2)31(45)20-25-18-23-16-17-29-27(19-23)40(26-14-10-11-15-28(26)42-38(40)49-29)34-33(44-37(50-34)32(22(3)4)43-35(25)46)36-41-21-30(48-36)24-12-8-7-9-13-24;1-6-34(42,7-2)26(40)16-21-14-20-12-13-25-23(15-20)35(22-10-8-9-11-24(22)37-33(35)44-25)29-28(31-36-17-19(5)43-31)39-32(45-29)27(18(3)4)38-30(21)41/h7-17,19,21-22,25,32,38,42,47H,5-6,18,20H2,1-4H3,(H,43,46);8-13,15,17-18,21,27,33,37,42H,6-7,14,16H2,1-5H3,(H,38,41)/t25?,32-,38-,40?;21?,27-,33-,35?/m00/s1. The molecule has 15 rings (SSSR count). The molecule has 2 amide bonds. The molecule has 8 atom stereocenters. The van der Waals surface area contributed by atoms with Crippen molar-refractivity contribution in [3.63, 3.8) is 0 Å². The second-order valence-electron chi connectivity index (χ2n) is 26.8. The van der Waals surface area contributed by atoms with Crippen LogP contribution in [0.2, 0.25) is 0 Å². The number of carbonyl (C=O) groups is 4. The first-order chi connectivity index (χ1) is 45.7. The van der Waals surface area contributed by atoms with Crippen molar-refractivity contribution in [2.45, 2.75) is 160 Å². The number of amides is 2. The second kappa shape index (κ2) is 24.0. The van der Waals surface area contributed by atoms with E-state index in [0.29, 0.717) is 70.0 Å². The SMILES string of the molecule is CCC(O)(CC)C(=O)CC1Cc2ccc3c(c2)C2(c4ccccc4N[C@H]2O3)c2oc(nc2-c2ncc(-c3ccccc3)o2)[C@H](C(C)C)NC1=O.CCC(O)(CC)C(=O)CC1Cc2ccc3c(c2)C2(c4ccccc4N[C@H]2O3)c2oc(nc2-c2ncc(C)o2)[C@H](C(C)C)NC1=O. The third kappa shape index (κ3) is 10.2. The van der Waals surface area contributed by atoms with E-state index in [1.807, 2.05) is 138 Å². The Labute approximate surface area is 550 Å². The molecule has 0 saturated carbocycles. The van der Waals surface area contributed by atoms with Crippen LogP contribution in [0.25, 0.3) is 34.5 Å². The molecule has 95 heavy (non-hydrogen) atoms. The lowest BCUT2D eigenvalue weighted by molar-refractivity contribution is -0.142. The predicted molar refractivity (Wildman–Crippen MR) is 352 cm³/mol. The number of nitrogens with zero attached hydrogens (tertiary/aromatic N) is 4. The number of ether oxygens (including phenoxy) is 2. The first-order valence-corrected chi connectivity index (χ1v) is 33.2. The maximum Gasteiger partial charge on any atom is 0.249 e. The molecule has 8 bridgehead atoms. The summed E-state index contributed by atoms with van der Waals surface area (Å²) in [6.07, 6.45) is 3.67. The number of para-hydroxylation sites is 2. The molecule has 20 heteroatoms. The largest absolute Gasteiger partial charge is 0.469 e. The van der Waals surface area contributed by atoms with Crippen molar-refractivity contribution in [1.29, 1.82) is 0 Å². The average molecular weight is 1280 g/mol. The van der Waals surface area contributed by atoms with Gasteiger partial charge in [-0.2, -0.15) is 0 Å². The van der Waals surface area contributed by atoms with Gasteiger partial charge in [-0.15, -0.1) is 0 Å². The fourth-order valence-corrected chi connectivity index (χ4v) is 14.8. The van der Waals surface area contributed by atoms with Crippen LogP contribution in [-0.2, 0) is 42.8 Å². The third-order valence-corrected chi connectivity index (χ3v) is 20.5. The molecule has 10 heterocycles. The summed E-state index contributed by atoms with van der Waals surface area (Å²) in [5.74, 6) is 1.74. The fraction of sp³-hybridized carbons (Fsp3) is 0.387. The number of carbonyl (C=O) groups excluding carboxylic acids is 4. The maximum absolute atomic E-state index is 14.2. The highest BCUT2D eigenvalue weighted by Gasteiger charge is 2.63. The highest BCUT2D eigenvalue weighted by atomic mass is 16.5. The van der Waals surface area contributed by atoms with E-state index in [9.17, 15) is 29.4 Å². The quantitative estimate of drug-likeness (QED) is 0.0556. The summed E-state index contributed by atoms with van der Waals surface area (Å²) >= 11 is 0. The van der Waals surface area contributed by atoms with E-state index in [-0.39, 0.29) is 86.1 Å². The number of ketones is 2. The van der Waals surface area contributed by atoms with E-state index in [2.05, 4.69) is 38.4 Å². The van der Waals surface area contributed by atoms with E-state index >= 15 is 0 Å². The molecule has 0 saturated heterocycles. The normalized spacial score (nSPS) is 22.7. The topological polar surface area (TPSA) is 279 Å². The Morgan fingerprint density at radius 1 is 0.547 bits per heavy atom. The lowest BCUT2D eigenvalue weighted by Gasteiger charge is -2.29. The number of oxazole rings is 4. The van der Waals surface area contributed by atoms with Crippen LogP contribution in [-0.4, -0.2) is 77.2 Å². The van der Waals surface area contributed by atoms with E-state index in [4.69, 9.17) is 42.1 Å². The van der Waals surface area contributed by atoms with Gasteiger partial charge in [0, 0.05) is 52.7 Å². The number of rotatable bonds is 15. The van der Waals surface area contributed by atoms with Gasteiger partial charge in [0.05, 0.1) is 12.4 Å². The minimum absolute atomic E-state index is 0.0990. The molecular formula is C75H78N8O12. The van der Waals surface area contributed by atoms with Gasteiger partial charge in [-0.3, -0.25) is 19.2 Å². The lowest BCUT2D eigenvalue weighted by Crippen LogP contribution is -2.43. The molecular weight excluding hydrogens is 1200 g/mol. The molecule has 6 aliphatic rings. The molecule has 0 fully saturated rings. The van der Waals surface area contributed by atoms with E-state index in [1.54, 1.807) is 40.1 Å². The third-order valence-electron chi connectivity index (χ3n) is 20.5. The van der Waals surface area contributed by atoms with Crippen molar-refractivity contribution >= 4 is 34.8 Å². The number of nitrogens with one attached hydrogen (secondary N) is 4. The number of Topliss-reactive ketones (excluding diaryl/α,β-unsaturated/α-hetero) is 2. The van der Waals surface area contributed by atoms with Gasteiger partial charge in [0.25, 0.3) is 0 Å². The van der Waals surface area contributed by atoms with E-state index in [1.165, 1.54) is 0 Å². The Morgan fingerprint density at radius 2 is 0.979 bits per heavy atom. The lowest BCUT2D eigenvalue weighted by atomic mass is 9.72. The van der Waals surface area contributed by atoms with Crippen LogP contribution in [0.3, 0.4) is 0 Å². The van der Waals surface area contributed by atoms with Gasteiger partial charge in [-0.05, 0) is 104 Å². The van der Waals surface area contributed by atoms with Gasteiger partial charge in [-0.1, -0.05) is 146 Å². The van der Waals surface area contributed by atoms with Crippen LogP contribution in [0.15, 0.2) is 145 Å². The second-order valence-corrected chi connectivity index (χ2v) is 26.8. The van der Waals surface area contributed by atoms with Crippen molar-refractivity contribution in [3.8, 4) is 46.0 Å². The van der Waals surface area contributed by atoms with Crippen molar-refractivity contribution in [2.24, 2.45) is 23.7 Å². The van der Waals surface area contributed by atoms with Gasteiger partial charge in [0.1, 0.15) is 51.4 Å². The molecule has 20 nitrogen and oxygen atoms in total. The van der Waals surface area contributed by atoms with Crippen molar-refractivity contribution in [3.05, 3.63) is 190 Å². The first kappa shape index (κ1) is 62.8. The molecule has 5 aromatic carbocycles. The fourth-order valence-electron chi connectivity index (χ4n) is 14.8. The number of fused-ring (bicyclic) bond motifs is 8. The molecule has 0 aliphatic carbocycles. The van der Waals surface area contributed by atoms with Gasteiger partial charge >= 0.3 is 0 Å². The predicted octanol–water partition coefficient (Wildman–Crippen LogP) is 12.6. The summed E-state index contributed by atoms with van der Waals surface area (Å²) in [7, 11) is 0. The Morgan fingerprint density at radius 3 is 1.41 bits per heavy atom. The number of benzene rings is 5. The van der Waals surface area contributed by atoms with Crippen LogP contribution in [0.4, 0.5) is 11.4 Å². The van der Waals surface area contributed by atoms with Crippen molar-refractivity contribution < 1.29 is 56.5 Å². The molecule has 6 aliphatic heterocycles. The summed E-state index contributed by atoms with van der Waals surface area (Å²) in [6, 6.07) is 36.4. The highest BCUT2D eigenvalue weighted by Crippen LogP contribution is 2.61. The zero-order valence-corrected chi connectivity index (χ0v) is 54.7. The molecule has 9 aromatic rings. The summed E-state index contributed by atoms with van der Waals surface area (Å²) in [5, 5.41) is 35.6. The minimum atomic E-state index is -1.50. The summed E-state index contributed by atoms with van der Waals surface area (Å²) in [5.41, 5.74) is 3.94. The smallest absolute Gasteiger partial charge is 0.249 e. The summed E-state index contributed by atoms with van der Waals surface area (Å²) in [4.78, 5) is 74.6. The van der Waals surface area contributed by atoms with Gasteiger partial charge in [0.2, 0.25) is 35.4 Å². The molecule has 490 valence electrons.